The van der Waals surface area contributed by atoms with E-state index in [4.69, 9.17) is 4.42 Å². The molecule has 0 amide bonds. The van der Waals surface area contributed by atoms with E-state index in [1.807, 2.05) is 0 Å². The molecule has 2 nitrogen and oxygen atoms in total. The van der Waals surface area contributed by atoms with E-state index in [0.29, 0.717) is 0 Å². The minimum Gasteiger partial charge on any atom is -0.456 e. The maximum atomic E-state index is 6.76. The van der Waals surface area contributed by atoms with Crippen molar-refractivity contribution in [2.75, 3.05) is 4.90 Å². The topological polar surface area (TPSA) is 16.4 Å². The third kappa shape index (κ3) is 6.58. The predicted molar refractivity (Wildman–Crippen MR) is 270 cm³/mol. The second-order valence-electron chi connectivity index (χ2n) is 16.8. The second kappa shape index (κ2) is 16.0. The number of fused-ring (bicyclic) bond motifs is 5. The summed E-state index contributed by atoms with van der Waals surface area (Å²) >= 11 is 0. The van der Waals surface area contributed by atoms with Gasteiger partial charge in [0, 0.05) is 33.6 Å². The van der Waals surface area contributed by atoms with Gasteiger partial charge in [-0.05, 0) is 110 Å². The van der Waals surface area contributed by atoms with E-state index in [1.54, 1.807) is 0 Å². The van der Waals surface area contributed by atoms with Crippen LogP contribution in [0.1, 0.15) is 22.3 Å². The van der Waals surface area contributed by atoms with Crippen molar-refractivity contribution in [2.24, 2.45) is 0 Å². The van der Waals surface area contributed by atoms with Gasteiger partial charge in [0.05, 0.1) is 5.41 Å². The van der Waals surface area contributed by atoms with E-state index in [0.717, 1.165) is 44.9 Å². The first kappa shape index (κ1) is 38.2. The highest BCUT2D eigenvalue weighted by atomic mass is 16.3. The van der Waals surface area contributed by atoms with Crippen molar-refractivity contribution in [3.8, 4) is 55.8 Å². The fourth-order valence-corrected chi connectivity index (χ4v) is 10.1. The van der Waals surface area contributed by atoms with E-state index < -0.39 is 5.41 Å². The summed E-state index contributed by atoms with van der Waals surface area (Å²) in [5, 5.41) is 1.15. The molecule has 0 radical (unpaired) electrons. The van der Waals surface area contributed by atoms with E-state index in [2.05, 4.69) is 266 Å². The zero-order chi connectivity index (χ0) is 43.2. The molecule has 1 aliphatic rings. The Morgan fingerprint density at radius 3 is 1.29 bits per heavy atom. The highest BCUT2D eigenvalue weighted by Gasteiger charge is 2.49. The Hall–Kier alpha value is -8.46. The summed E-state index contributed by atoms with van der Waals surface area (Å²) in [7, 11) is 0. The number of hydrogen-bond donors (Lipinski definition) is 0. The van der Waals surface area contributed by atoms with Crippen LogP contribution in [0.15, 0.2) is 265 Å². The lowest BCUT2D eigenvalue weighted by atomic mass is 9.67. The molecule has 12 rings (SSSR count). The van der Waals surface area contributed by atoms with Gasteiger partial charge < -0.3 is 9.32 Å². The number of para-hydroxylation sites is 1. The molecule has 306 valence electrons. The van der Waals surface area contributed by atoms with Gasteiger partial charge in [0.2, 0.25) is 0 Å². The summed E-state index contributed by atoms with van der Waals surface area (Å²) in [6.07, 6.45) is 0. The van der Waals surface area contributed by atoms with Gasteiger partial charge in [-0.3, -0.25) is 0 Å². The summed E-state index contributed by atoms with van der Waals surface area (Å²) in [4.78, 5) is 2.35. The Labute approximate surface area is 380 Å². The molecule has 2 heteroatoms. The minimum atomic E-state index is -0.557. The van der Waals surface area contributed by atoms with Gasteiger partial charge in [0.15, 0.2) is 0 Å². The van der Waals surface area contributed by atoms with Crippen LogP contribution < -0.4 is 4.90 Å². The van der Waals surface area contributed by atoms with Crippen LogP contribution in [-0.4, -0.2) is 0 Å². The maximum Gasteiger partial charge on any atom is 0.140 e. The van der Waals surface area contributed by atoms with Crippen molar-refractivity contribution in [2.45, 2.75) is 5.41 Å². The van der Waals surface area contributed by atoms with Crippen molar-refractivity contribution < 1.29 is 4.42 Å². The molecule has 11 aromatic rings. The lowest BCUT2D eigenvalue weighted by molar-refractivity contribution is 0.628. The molecule has 10 aromatic carbocycles. The van der Waals surface area contributed by atoms with Gasteiger partial charge in [-0.1, -0.05) is 212 Å². The van der Waals surface area contributed by atoms with Crippen molar-refractivity contribution in [3.05, 3.63) is 283 Å². The van der Waals surface area contributed by atoms with Gasteiger partial charge in [-0.25, -0.2) is 0 Å². The van der Waals surface area contributed by atoms with Gasteiger partial charge >= 0.3 is 0 Å². The number of furan rings is 1. The van der Waals surface area contributed by atoms with E-state index in [9.17, 15) is 0 Å². The fraction of sp³-hybridized carbons (Fsp3) is 0.0159. The standard InChI is InChI=1S/C63H43NO/c1-5-16-44(17-6-1)47-32-37-54(38-33-47)64(56-25-15-20-50(42-56)45-18-7-2-8-19-45)55-39-34-48(35-40-55)46-28-30-49(31-29-46)51-36-41-57-59(43-51)63(52-21-9-3-10-22-52,53-23-11-4-12-24-53)61-58-26-13-14-27-60(58)65-62(57)61/h1-43H. The Kier molecular flexibility index (Phi) is 9.43. The maximum absolute atomic E-state index is 6.76. The minimum absolute atomic E-state index is 0.557. The molecule has 1 heterocycles. The highest BCUT2D eigenvalue weighted by molar-refractivity contribution is 5.98. The molecular weight excluding hydrogens is 787 g/mol. The molecule has 1 aliphatic carbocycles. The fourth-order valence-electron chi connectivity index (χ4n) is 10.1. The Morgan fingerprint density at radius 1 is 0.308 bits per heavy atom. The average molecular weight is 830 g/mol. The smallest absolute Gasteiger partial charge is 0.140 e. The second-order valence-corrected chi connectivity index (χ2v) is 16.8. The zero-order valence-corrected chi connectivity index (χ0v) is 35.7. The number of benzene rings is 10. The summed E-state index contributed by atoms with van der Waals surface area (Å²) in [6, 6.07) is 94.1. The van der Waals surface area contributed by atoms with E-state index in [-0.39, 0.29) is 0 Å². The molecule has 0 spiro atoms. The van der Waals surface area contributed by atoms with Crippen LogP contribution in [0.5, 0.6) is 0 Å². The first-order chi connectivity index (χ1) is 32.2. The first-order valence-corrected chi connectivity index (χ1v) is 22.3. The number of nitrogens with zero attached hydrogens (tertiary/aromatic N) is 1. The van der Waals surface area contributed by atoms with Crippen LogP contribution in [0, 0.1) is 0 Å². The van der Waals surface area contributed by atoms with E-state index >= 15 is 0 Å². The van der Waals surface area contributed by atoms with Gasteiger partial charge in [0.1, 0.15) is 11.3 Å². The van der Waals surface area contributed by atoms with Crippen LogP contribution in [0.25, 0.3) is 66.8 Å². The van der Waals surface area contributed by atoms with Crippen molar-refractivity contribution >= 4 is 28.0 Å². The van der Waals surface area contributed by atoms with Gasteiger partial charge in [-0.2, -0.15) is 0 Å². The quantitative estimate of drug-likeness (QED) is 0.144. The summed E-state index contributed by atoms with van der Waals surface area (Å²) < 4.78 is 6.76. The van der Waals surface area contributed by atoms with Crippen LogP contribution >= 0.6 is 0 Å². The molecule has 0 aliphatic heterocycles. The number of anilines is 3. The highest BCUT2D eigenvalue weighted by Crippen LogP contribution is 2.59. The van der Waals surface area contributed by atoms with Gasteiger partial charge in [-0.15, -0.1) is 0 Å². The average Bonchev–Trinajstić information content (AvgIpc) is 3.91. The Morgan fingerprint density at radius 2 is 0.723 bits per heavy atom. The summed E-state index contributed by atoms with van der Waals surface area (Å²) in [5.74, 6) is 0.950. The lowest BCUT2D eigenvalue weighted by Crippen LogP contribution is -2.28. The Bertz CT molecular complexity index is 3390. The largest absolute Gasteiger partial charge is 0.456 e. The van der Waals surface area contributed by atoms with Crippen LogP contribution in [-0.2, 0) is 5.41 Å². The van der Waals surface area contributed by atoms with Crippen molar-refractivity contribution in [1.29, 1.82) is 0 Å². The molecule has 0 saturated heterocycles. The SMILES string of the molecule is c1ccc(-c2ccc(N(c3ccc(-c4ccc(-c5ccc6c(c5)C(c5ccccc5)(c5ccccc5)c5c-6oc6ccccc56)cc4)cc3)c3cccc(-c4ccccc4)c3)cc2)cc1. The third-order valence-corrected chi connectivity index (χ3v) is 13.2. The monoisotopic (exact) mass is 829 g/mol. The van der Waals surface area contributed by atoms with E-state index in [1.165, 1.54) is 61.2 Å². The molecule has 0 unspecified atom stereocenters. The first-order valence-electron chi connectivity index (χ1n) is 22.3. The molecule has 0 bridgehead atoms. The molecule has 0 N–H and O–H groups in total. The van der Waals surface area contributed by atoms with Crippen LogP contribution in [0.4, 0.5) is 17.1 Å². The third-order valence-electron chi connectivity index (χ3n) is 13.2. The summed E-state index contributed by atoms with van der Waals surface area (Å²) in [6.45, 7) is 0. The normalized spacial score (nSPS) is 12.4. The predicted octanol–water partition coefficient (Wildman–Crippen LogP) is 16.9. The molecule has 1 aromatic heterocycles. The number of hydrogen-bond acceptors (Lipinski definition) is 2. The van der Waals surface area contributed by atoms with Crippen LogP contribution in [0.2, 0.25) is 0 Å². The van der Waals surface area contributed by atoms with Gasteiger partial charge in [0.25, 0.3) is 0 Å². The van der Waals surface area contributed by atoms with Crippen molar-refractivity contribution in [1.82, 2.24) is 0 Å². The van der Waals surface area contributed by atoms with Crippen molar-refractivity contribution in [3.63, 3.8) is 0 Å². The zero-order valence-electron chi connectivity index (χ0n) is 35.7. The molecule has 65 heavy (non-hydrogen) atoms. The molecular formula is C63H43NO. The molecule has 0 fully saturated rings. The number of rotatable bonds is 9. The summed E-state index contributed by atoms with van der Waals surface area (Å²) in [5.41, 5.74) is 19.1. The van der Waals surface area contributed by atoms with Crippen LogP contribution in [0.3, 0.4) is 0 Å². The lowest BCUT2D eigenvalue weighted by Gasteiger charge is -2.33. The molecule has 0 saturated carbocycles. The molecule has 0 atom stereocenters. The Balaban J connectivity index is 0.903.